The molecule has 0 unspecified atom stereocenters. The molecule has 30 heavy (non-hydrogen) atoms. The summed E-state index contributed by atoms with van der Waals surface area (Å²) in [5.74, 6) is -0.454. The van der Waals surface area contributed by atoms with Gasteiger partial charge >= 0.3 is 0 Å². The normalized spacial score (nSPS) is 11.0. The Morgan fingerprint density at radius 2 is 2.00 bits per heavy atom. The molecule has 0 aliphatic heterocycles. The molecule has 2 aromatic carbocycles. The van der Waals surface area contributed by atoms with E-state index >= 15 is 0 Å². The fourth-order valence-electron chi connectivity index (χ4n) is 2.94. The number of halogens is 1. The summed E-state index contributed by atoms with van der Waals surface area (Å²) in [6.07, 6.45) is 0.882. The van der Waals surface area contributed by atoms with Gasteiger partial charge in [-0.05, 0) is 54.4 Å². The molecule has 0 saturated heterocycles. The summed E-state index contributed by atoms with van der Waals surface area (Å²) in [7, 11) is 0. The highest BCUT2D eigenvalue weighted by atomic mass is 32.2. The number of hydrogen-bond donors (Lipinski definition) is 2. The molecular weight excluding hydrogens is 405 g/mol. The van der Waals surface area contributed by atoms with Crippen LogP contribution in [0.25, 0.3) is 16.8 Å². The third-order valence-electron chi connectivity index (χ3n) is 4.47. The molecule has 2 N–H and O–H groups in total. The van der Waals surface area contributed by atoms with Crippen LogP contribution in [-0.4, -0.2) is 31.5 Å². The maximum atomic E-state index is 13.2. The van der Waals surface area contributed by atoms with Gasteiger partial charge in [-0.15, -0.1) is 5.10 Å². The van der Waals surface area contributed by atoms with Gasteiger partial charge in [0.15, 0.2) is 0 Å². The average molecular weight is 423 g/mol. The fraction of sp³-hybridized carbons (Fsp3) is 0.143. The summed E-state index contributed by atoms with van der Waals surface area (Å²) in [6.45, 7) is 2.05. The first kappa shape index (κ1) is 19.8. The van der Waals surface area contributed by atoms with Gasteiger partial charge in [-0.3, -0.25) is 9.59 Å². The van der Waals surface area contributed by atoms with Crippen molar-refractivity contribution in [3.8, 4) is 11.3 Å². The van der Waals surface area contributed by atoms with E-state index in [0.717, 1.165) is 29.4 Å². The lowest BCUT2D eigenvalue weighted by Gasteiger charge is -2.07. The van der Waals surface area contributed by atoms with Crippen LogP contribution in [0.5, 0.6) is 0 Å². The molecule has 2 heterocycles. The van der Waals surface area contributed by atoms with Crippen LogP contribution in [0.2, 0.25) is 0 Å². The smallest absolute Gasteiger partial charge is 0.290 e. The number of nitrogens with zero attached hydrogens (tertiary/aromatic N) is 3. The van der Waals surface area contributed by atoms with Crippen LogP contribution < -0.4 is 10.9 Å². The number of fused-ring (bicyclic) bond motifs is 1. The lowest BCUT2D eigenvalue weighted by atomic mass is 10.1. The SMILES string of the molecule is CCc1cccc(NC(=O)CSc2n[nH]c(=O)c3cc(-c4ccc(F)cc4)nn23)c1. The first-order chi connectivity index (χ1) is 14.5. The van der Waals surface area contributed by atoms with Gasteiger partial charge < -0.3 is 5.32 Å². The van der Waals surface area contributed by atoms with Crippen molar-refractivity contribution in [2.45, 2.75) is 18.5 Å². The summed E-state index contributed by atoms with van der Waals surface area (Å²) in [6, 6.07) is 15.1. The van der Waals surface area contributed by atoms with Crippen molar-refractivity contribution < 1.29 is 9.18 Å². The summed E-state index contributed by atoms with van der Waals surface area (Å²) in [4.78, 5) is 24.5. The number of aromatic amines is 1. The highest BCUT2D eigenvalue weighted by molar-refractivity contribution is 7.99. The summed E-state index contributed by atoms with van der Waals surface area (Å²) in [5.41, 5.74) is 2.94. The van der Waals surface area contributed by atoms with Crippen molar-refractivity contribution in [3.63, 3.8) is 0 Å². The van der Waals surface area contributed by atoms with Crippen LogP contribution in [0, 0.1) is 5.82 Å². The lowest BCUT2D eigenvalue weighted by Crippen LogP contribution is -2.17. The zero-order valence-corrected chi connectivity index (χ0v) is 16.9. The minimum atomic E-state index is -0.402. The van der Waals surface area contributed by atoms with Crippen LogP contribution >= 0.6 is 11.8 Å². The number of benzene rings is 2. The quantitative estimate of drug-likeness (QED) is 0.463. The van der Waals surface area contributed by atoms with Crippen LogP contribution in [0.3, 0.4) is 0 Å². The predicted octanol–water partition coefficient (Wildman–Crippen LogP) is 3.52. The molecule has 152 valence electrons. The van der Waals surface area contributed by atoms with Crippen molar-refractivity contribution in [1.82, 2.24) is 19.8 Å². The van der Waals surface area contributed by atoms with Crippen molar-refractivity contribution in [1.29, 1.82) is 0 Å². The molecule has 0 fully saturated rings. The Balaban J connectivity index is 1.53. The number of hydrogen-bond acceptors (Lipinski definition) is 5. The molecule has 1 amide bonds. The first-order valence-electron chi connectivity index (χ1n) is 9.29. The van der Waals surface area contributed by atoms with E-state index in [2.05, 4.69) is 20.6 Å². The van der Waals surface area contributed by atoms with Gasteiger partial charge in [0.2, 0.25) is 11.1 Å². The van der Waals surface area contributed by atoms with E-state index in [1.165, 1.54) is 16.6 Å². The Bertz CT molecular complexity index is 1270. The van der Waals surface area contributed by atoms with Crippen molar-refractivity contribution in [2.75, 3.05) is 11.1 Å². The van der Waals surface area contributed by atoms with Crippen LogP contribution in [0.1, 0.15) is 12.5 Å². The number of aryl methyl sites for hydroxylation is 1. The Morgan fingerprint density at radius 1 is 1.20 bits per heavy atom. The van der Waals surface area contributed by atoms with Crippen molar-refractivity contribution in [2.24, 2.45) is 0 Å². The Hall–Kier alpha value is -3.46. The zero-order chi connectivity index (χ0) is 21.1. The number of amides is 1. The van der Waals surface area contributed by atoms with E-state index in [-0.39, 0.29) is 17.5 Å². The number of thioether (sulfide) groups is 1. The van der Waals surface area contributed by atoms with Crippen LogP contribution in [0.4, 0.5) is 10.1 Å². The van der Waals surface area contributed by atoms with Crippen molar-refractivity contribution >= 4 is 28.9 Å². The molecule has 0 atom stereocenters. The van der Waals surface area contributed by atoms with E-state index < -0.39 is 5.56 Å². The molecule has 0 aliphatic carbocycles. The monoisotopic (exact) mass is 423 g/mol. The van der Waals surface area contributed by atoms with Gasteiger partial charge in [0.25, 0.3) is 5.56 Å². The molecule has 0 spiro atoms. The standard InChI is InChI=1S/C21H18FN5O2S/c1-2-13-4-3-5-16(10-13)23-19(28)12-30-21-25-24-20(29)18-11-17(26-27(18)21)14-6-8-15(22)9-7-14/h3-11H,2,12H2,1H3,(H,23,28)(H,24,29). The molecule has 2 aromatic heterocycles. The van der Waals surface area contributed by atoms with E-state index in [0.29, 0.717) is 21.9 Å². The van der Waals surface area contributed by atoms with E-state index in [1.54, 1.807) is 18.2 Å². The van der Waals surface area contributed by atoms with E-state index in [1.807, 2.05) is 31.2 Å². The lowest BCUT2D eigenvalue weighted by molar-refractivity contribution is -0.113. The summed E-state index contributed by atoms with van der Waals surface area (Å²) < 4.78 is 14.6. The van der Waals surface area contributed by atoms with Crippen LogP contribution in [0.15, 0.2) is 64.5 Å². The number of carbonyl (C=O) groups is 1. The van der Waals surface area contributed by atoms with Gasteiger partial charge in [0.1, 0.15) is 11.3 Å². The number of aromatic nitrogens is 4. The molecule has 4 rings (SSSR count). The molecule has 4 aromatic rings. The third kappa shape index (κ3) is 4.25. The number of rotatable bonds is 6. The molecular formula is C21H18FN5O2S. The third-order valence-corrected chi connectivity index (χ3v) is 5.40. The second-order valence-corrected chi connectivity index (χ2v) is 7.50. The van der Waals surface area contributed by atoms with Gasteiger partial charge in [-0.1, -0.05) is 30.8 Å². The second kappa shape index (κ2) is 8.50. The number of anilines is 1. The molecule has 7 nitrogen and oxygen atoms in total. The van der Waals surface area contributed by atoms with Gasteiger partial charge in [0.05, 0.1) is 11.4 Å². The molecule has 9 heteroatoms. The highest BCUT2D eigenvalue weighted by Gasteiger charge is 2.14. The maximum absolute atomic E-state index is 13.2. The largest absolute Gasteiger partial charge is 0.325 e. The summed E-state index contributed by atoms with van der Waals surface area (Å²) in [5, 5.41) is 14.1. The highest BCUT2D eigenvalue weighted by Crippen LogP contribution is 2.22. The first-order valence-corrected chi connectivity index (χ1v) is 10.3. The molecule has 0 radical (unpaired) electrons. The Kier molecular flexibility index (Phi) is 5.62. The predicted molar refractivity (Wildman–Crippen MR) is 114 cm³/mol. The Labute approximate surface area is 175 Å². The zero-order valence-electron chi connectivity index (χ0n) is 16.1. The average Bonchev–Trinajstić information content (AvgIpc) is 3.20. The minimum absolute atomic E-state index is 0.0935. The van der Waals surface area contributed by atoms with Crippen molar-refractivity contribution in [3.05, 3.63) is 76.3 Å². The molecule has 0 saturated carbocycles. The molecule has 0 aliphatic rings. The van der Waals surface area contributed by atoms with E-state index in [9.17, 15) is 14.0 Å². The number of H-pyrrole nitrogens is 1. The van der Waals surface area contributed by atoms with Gasteiger partial charge in [-0.2, -0.15) is 5.10 Å². The topological polar surface area (TPSA) is 92.1 Å². The second-order valence-electron chi connectivity index (χ2n) is 6.56. The fourth-order valence-corrected chi connectivity index (χ4v) is 3.65. The van der Waals surface area contributed by atoms with Crippen LogP contribution in [-0.2, 0) is 11.2 Å². The number of carbonyl (C=O) groups excluding carboxylic acids is 1. The Morgan fingerprint density at radius 3 is 2.77 bits per heavy atom. The number of nitrogens with one attached hydrogen (secondary N) is 2. The minimum Gasteiger partial charge on any atom is -0.325 e. The van der Waals surface area contributed by atoms with E-state index in [4.69, 9.17) is 0 Å². The van der Waals surface area contributed by atoms with Gasteiger partial charge in [0, 0.05) is 11.3 Å². The van der Waals surface area contributed by atoms with Gasteiger partial charge in [-0.25, -0.2) is 14.0 Å². The molecule has 0 bridgehead atoms. The summed E-state index contributed by atoms with van der Waals surface area (Å²) >= 11 is 1.15. The maximum Gasteiger partial charge on any atom is 0.290 e.